The number of nitrogens with one attached hydrogen (secondary N) is 1. The number of aromatic nitrogens is 2. The third kappa shape index (κ3) is 3.98. The third-order valence-corrected chi connectivity index (χ3v) is 8.85. The molecule has 1 aromatic heterocycles. The molecule has 33 heavy (non-hydrogen) atoms. The summed E-state index contributed by atoms with van der Waals surface area (Å²) in [6, 6.07) is 12.9. The minimum absolute atomic E-state index is 0.00446. The molecule has 2 aliphatic heterocycles. The van der Waals surface area contributed by atoms with Crippen molar-refractivity contribution in [1.29, 1.82) is 0 Å². The predicted octanol–water partition coefficient (Wildman–Crippen LogP) is 3.00. The van der Waals surface area contributed by atoms with Crippen LogP contribution in [0.15, 0.2) is 58.2 Å². The van der Waals surface area contributed by atoms with Crippen LogP contribution < -0.4 is 5.69 Å². The molecule has 2 fully saturated rings. The van der Waals surface area contributed by atoms with E-state index in [1.807, 2.05) is 24.3 Å². The maximum Gasteiger partial charge on any atom is 0.326 e. The maximum absolute atomic E-state index is 13.3. The Balaban J connectivity index is 1.31. The second-order valence-electron chi connectivity index (χ2n) is 8.60. The van der Waals surface area contributed by atoms with Crippen molar-refractivity contribution in [3.8, 4) is 0 Å². The second kappa shape index (κ2) is 8.62. The lowest BCUT2D eigenvalue weighted by Crippen LogP contribution is -2.50. The first-order valence-corrected chi connectivity index (χ1v) is 12.9. The molecular formula is C23H25ClN4O4S. The number of H-pyrrole nitrogens is 1. The van der Waals surface area contributed by atoms with Crippen LogP contribution in [0, 0.1) is 0 Å². The van der Waals surface area contributed by atoms with Crippen LogP contribution in [-0.2, 0) is 14.8 Å². The summed E-state index contributed by atoms with van der Waals surface area (Å²) in [5.41, 5.74) is 1.52. The van der Waals surface area contributed by atoms with Crippen molar-refractivity contribution in [3.05, 3.63) is 64.0 Å². The van der Waals surface area contributed by atoms with Gasteiger partial charge < -0.3 is 9.88 Å². The molecule has 0 spiro atoms. The first-order chi connectivity index (χ1) is 15.9. The zero-order valence-corrected chi connectivity index (χ0v) is 19.6. The maximum atomic E-state index is 13.3. The molecular weight excluding hydrogens is 464 g/mol. The normalized spacial score (nSPS) is 20.5. The molecule has 2 aromatic carbocycles. The number of sulfonamides is 1. The van der Waals surface area contributed by atoms with Crippen LogP contribution in [0.1, 0.15) is 31.7 Å². The number of para-hydroxylation sites is 2. The lowest BCUT2D eigenvalue weighted by Gasteiger charge is -2.35. The van der Waals surface area contributed by atoms with Gasteiger partial charge in [-0.3, -0.25) is 9.36 Å². The quantitative estimate of drug-likeness (QED) is 0.610. The van der Waals surface area contributed by atoms with Crippen LogP contribution in [-0.4, -0.2) is 58.8 Å². The Morgan fingerprint density at radius 3 is 2.39 bits per heavy atom. The summed E-state index contributed by atoms with van der Waals surface area (Å²) in [7, 11) is -3.79. The largest absolute Gasteiger partial charge is 0.341 e. The van der Waals surface area contributed by atoms with Crippen molar-refractivity contribution in [1.82, 2.24) is 18.8 Å². The number of nitrogens with zero attached hydrogens (tertiary/aromatic N) is 3. The van der Waals surface area contributed by atoms with E-state index < -0.39 is 16.1 Å². The number of amides is 1. The van der Waals surface area contributed by atoms with Gasteiger partial charge in [-0.25, -0.2) is 13.2 Å². The molecule has 0 aliphatic carbocycles. The van der Waals surface area contributed by atoms with Gasteiger partial charge in [0.2, 0.25) is 15.9 Å². The van der Waals surface area contributed by atoms with Crippen molar-refractivity contribution in [3.63, 3.8) is 0 Å². The summed E-state index contributed by atoms with van der Waals surface area (Å²) in [6.45, 7) is 1.30. The van der Waals surface area contributed by atoms with Crippen LogP contribution in [0.5, 0.6) is 0 Å². The molecule has 0 unspecified atom stereocenters. The van der Waals surface area contributed by atoms with E-state index in [0.29, 0.717) is 50.3 Å². The fourth-order valence-corrected chi connectivity index (χ4v) is 6.79. The molecule has 1 atom stereocenters. The molecule has 10 heteroatoms. The summed E-state index contributed by atoms with van der Waals surface area (Å²) in [6.07, 6.45) is 2.44. The number of rotatable bonds is 4. The monoisotopic (exact) mass is 488 g/mol. The van der Waals surface area contributed by atoms with E-state index in [1.54, 1.807) is 21.6 Å². The number of aromatic amines is 1. The zero-order valence-electron chi connectivity index (χ0n) is 18.0. The van der Waals surface area contributed by atoms with Gasteiger partial charge in [-0.2, -0.15) is 4.31 Å². The van der Waals surface area contributed by atoms with Crippen molar-refractivity contribution < 1.29 is 13.2 Å². The van der Waals surface area contributed by atoms with E-state index in [-0.39, 0.29) is 22.5 Å². The Kier molecular flexibility index (Phi) is 5.80. The molecule has 1 amide bonds. The summed E-state index contributed by atoms with van der Waals surface area (Å²) in [5.74, 6) is -0.158. The Hall–Kier alpha value is -2.62. The molecule has 1 N–H and O–H groups in total. The number of carbonyl (C=O) groups is 1. The predicted molar refractivity (Wildman–Crippen MR) is 126 cm³/mol. The second-order valence-corrected chi connectivity index (χ2v) is 10.9. The molecule has 2 saturated heterocycles. The summed E-state index contributed by atoms with van der Waals surface area (Å²) < 4.78 is 29.5. The first-order valence-electron chi connectivity index (χ1n) is 11.1. The molecule has 0 bridgehead atoms. The average Bonchev–Trinajstić information content (AvgIpc) is 3.44. The van der Waals surface area contributed by atoms with Crippen LogP contribution in [0.2, 0.25) is 5.02 Å². The van der Waals surface area contributed by atoms with Crippen molar-refractivity contribution >= 4 is 38.6 Å². The van der Waals surface area contributed by atoms with Crippen molar-refractivity contribution in [2.24, 2.45) is 0 Å². The summed E-state index contributed by atoms with van der Waals surface area (Å²) in [4.78, 5) is 30.6. The average molecular weight is 489 g/mol. The van der Waals surface area contributed by atoms with E-state index in [2.05, 4.69) is 4.98 Å². The highest BCUT2D eigenvalue weighted by Gasteiger charge is 2.42. The highest BCUT2D eigenvalue weighted by molar-refractivity contribution is 7.89. The van der Waals surface area contributed by atoms with E-state index in [9.17, 15) is 18.0 Å². The molecule has 3 heterocycles. The number of hydrogen-bond donors (Lipinski definition) is 1. The third-order valence-electron chi connectivity index (χ3n) is 6.67. The zero-order chi connectivity index (χ0) is 23.2. The molecule has 2 aliphatic rings. The Bertz CT molecular complexity index is 1340. The number of likely N-dealkylation sites (tertiary alicyclic amines) is 1. The Morgan fingerprint density at radius 2 is 1.67 bits per heavy atom. The molecule has 0 saturated carbocycles. The highest BCUT2D eigenvalue weighted by atomic mass is 35.5. The minimum atomic E-state index is -3.79. The lowest BCUT2D eigenvalue weighted by atomic mass is 10.0. The lowest BCUT2D eigenvalue weighted by molar-refractivity contribution is -0.135. The van der Waals surface area contributed by atoms with Gasteiger partial charge in [0.05, 0.1) is 15.9 Å². The number of fused-ring (bicyclic) bond motifs is 1. The number of hydrogen-bond acceptors (Lipinski definition) is 4. The van der Waals surface area contributed by atoms with Gasteiger partial charge in [0.1, 0.15) is 6.04 Å². The molecule has 5 rings (SSSR count). The number of halogens is 1. The van der Waals surface area contributed by atoms with Gasteiger partial charge in [-0.05, 0) is 62.1 Å². The topological polar surface area (TPSA) is 95.5 Å². The Labute approximate surface area is 196 Å². The fourth-order valence-electron chi connectivity index (χ4n) is 5.01. The smallest absolute Gasteiger partial charge is 0.326 e. The molecule has 174 valence electrons. The molecule has 8 nitrogen and oxygen atoms in total. The summed E-state index contributed by atoms with van der Waals surface area (Å²) in [5, 5.41) is 0.458. The minimum Gasteiger partial charge on any atom is -0.341 e. The fraction of sp³-hybridized carbons (Fsp3) is 0.391. The van der Waals surface area contributed by atoms with Gasteiger partial charge in [0.25, 0.3) is 0 Å². The SMILES string of the molecule is O=C([C@@H]1CCCN1S(=O)(=O)c1ccc(Cl)cc1)N1CCC(n2c(=O)[nH]c3ccccc32)CC1. The van der Waals surface area contributed by atoms with E-state index in [0.717, 1.165) is 11.0 Å². The van der Waals surface area contributed by atoms with Gasteiger partial charge in [0.15, 0.2) is 0 Å². The van der Waals surface area contributed by atoms with Gasteiger partial charge in [0, 0.05) is 30.7 Å². The molecule has 0 radical (unpaired) electrons. The number of carbonyl (C=O) groups excluding carboxylic acids is 1. The standard InChI is InChI=1S/C23H25ClN4O4S/c24-16-7-9-18(10-8-16)33(31,32)27-13-3-6-21(27)22(29)26-14-11-17(12-15-26)28-20-5-2-1-4-19(20)25-23(28)30/h1-2,4-5,7-10,17,21H,3,6,11-15H2,(H,25,30)/t21-/m0/s1. The van der Waals surface area contributed by atoms with E-state index in [1.165, 1.54) is 16.4 Å². The highest BCUT2D eigenvalue weighted by Crippen LogP contribution is 2.30. The first kappa shape index (κ1) is 22.2. The van der Waals surface area contributed by atoms with Gasteiger partial charge in [-0.15, -0.1) is 0 Å². The number of benzene rings is 2. The number of piperidine rings is 1. The Morgan fingerprint density at radius 1 is 0.970 bits per heavy atom. The van der Waals surface area contributed by atoms with Crippen LogP contribution in [0.25, 0.3) is 11.0 Å². The van der Waals surface area contributed by atoms with E-state index >= 15 is 0 Å². The van der Waals surface area contributed by atoms with Crippen LogP contribution in [0.4, 0.5) is 0 Å². The number of imidazole rings is 1. The van der Waals surface area contributed by atoms with Crippen LogP contribution >= 0.6 is 11.6 Å². The molecule has 3 aromatic rings. The van der Waals surface area contributed by atoms with Crippen LogP contribution in [0.3, 0.4) is 0 Å². The van der Waals surface area contributed by atoms with E-state index in [4.69, 9.17) is 11.6 Å². The summed E-state index contributed by atoms with van der Waals surface area (Å²) >= 11 is 5.90. The van der Waals surface area contributed by atoms with Crippen molar-refractivity contribution in [2.75, 3.05) is 19.6 Å². The van der Waals surface area contributed by atoms with Gasteiger partial charge >= 0.3 is 5.69 Å². The van der Waals surface area contributed by atoms with Gasteiger partial charge in [-0.1, -0.05) is 23.7 Å². The van der Waals surface area contributed by atoms with Crippen molar-refractivity contribution in [2.45, 2.75) is 42.7 Å².